The van der Waals surface area contributed by atoms with Gasteiger partial charge in [-0.3, -0.25) is 9.59 Å². The summed E-state index contributed by atoms with van der Waals surface area (Å²) in [5, 5.41) is 0. The number of aromatic nitrogens is 3. The van der Waals surface area contributed by atoms with E-state index in [1.807, 2.05) is 43.1 Å². The lowest BCUT2D eigenvalue weighted by Gasteiger charge is -2.44. The summed E-state index contributed by atoms with van der Waals surface area (Å²) < 4.78 is 0. The first-order valence-electron chi connectivity index (χ1n) is 8.78. The summed E-state index contributed by atoms with van der Waals surface area (Å²) in [6.07, 6.45) is 8.25. The minimum Gasteiger partial charge on any atom is -0.364 e. The van der Waals surface area contributed by atoms with Gasteiger partial charge in [0.05, 0.1) is 11.7 Å². The third-order valence-corrected chi connectivity index (χ3v) is 4.59. The lowest BCUT2D eigenvalue weighted by molar-refractivity contribution is -0.130. The number of hydrogen-bond donors (Lipinski definition) is 1. The van der Waals surface area contributed by atoms with Crippen LogP contribution >= 0.6 is 0 Å². The number of amides is 1. The Kier molecular flexibility index (Phi) is 5.66. The molecular formula is C19H24N6O2. The van der Waals surface area contributed by atoms with Gasteiger partial charge in [0.2, 0.25) is 5.91 Å². The van der Waals surface area contributed by atoms with Gasteiger partial charge in [-0.1, -0.05) is 6.08 Å². The van der Waals surface area contributed by atoms with Crippen molar-refractivity contribution in [3.8, 4) is 11.3 Å². The smallest absolute Gasteiger partial charge is 0.271 e. The Morgan fingerprint density at radius 2 is 2.15 bits per heavy atom. The Labute approximate surface area is 158 Å². The summed E-state index contributed by atoms with van der Waals surface area (Å²) in [5.41, 5.74) is 1.96. The van der Waals surface area contributed by atoms with E-state index in [4.69, 9.17) is 0 Å². The summed E-state index contributed by atoms with van der Waals surface area (Å²) in [6.45, 7) is 1.92. The molecule has 142 valence electrons. The molecule has 8 nitrogen and oxygen atoms in total. The number of carbonyl (C=O) groups is 1. The standard InChI is InChI=1S/C19H24N6O2/c1-23(2)8-4-5-18(26)25-11-15(12-25)24(3)17-9-14(10-21-19(17)27)16-6-7-20-13-22-16/h4-7,9-10,13,15H,8,11-12H2,1-3H3,(H,21,27). The van der Waals surface area contributed by atoms with Gasteiger partial charge in [-0.05, 0) is 26.2 Å². The van der Waals surface area contributed by atoms with Gasteiger partial charge in [0.1, 0.15) is 12.0 Å². The monoisotopic (exact) mass is 368 g/mol. The normalized spacial score (nSPS) is 14.6. The highest BCUT2D eigenvalue weighted by Crippen LogP contribution is 2.22. The van der Waals surface area contributed by atoms with Crippen molar-refractivity contribution in [2.45, 2.75) is 6.04 Å². The fourth-order valence-electron chi connectivity index (χ4n) is 2.89. The van der Waals surface area contributed by atoms with Crippen LogP contribution in [0.4, 0.5) is 5.69 Å². The first kappa shape index (κ1) is 18.8. The molecule has 0 radical (unpaired) electrons. The molecule has 1 fully saturated rings. The van der Waals surface area contributed by atoms with Gasteiger partial charge in [-0.2, -0.15) is 0 Å². The molecule has 1 aliphatic heterocycles. The average Bonchev–Trinajstić information content (AvgIpc) is 2.61. The second-order valence-corrected chi connectivity index (χ2v) is 6.87. The molecule has 1 saturated heterocycles. The van der Waals surface area contributed by atoms with Gasteiger partial charge in [-0.15, -0.1) is 0 Å². The number of pyridine rings is 1. The van der Waals surface area contributed by atoms with Gasteiger partial charge in [0, 0.05) is 50.7 Å². The van der Waals surface area contributed by atoms with Gasteiger partial charge in [0.25, 0.3) is 5.56 Å². The largest absolute Gasteiger partial charge is 0.364 e. The Bertz CT molecular complexity index is 871. The molecule has 0 unspecified atom stereocenters. The number of likely N-dealkylation sites (N-methyl/N-ethyl adjacent to an activating group) is 2. The van der Waals surface area contributed by atoms with Crippen molar-refractivity contribution < 1.29 is 4.79 Å². The van der Waals surface area contributed by atoms with Crippen LogP contribution in [-0.4, -0.2) is 77.5 Å². The number of nitrogens with zero attached hydrogens (tertiary/aromatic N) is 5. The number of carbonyl (C=O) groups excluding carboxylic acids is 1. The van der Waals surface area contributed by atoms with E-state index in [9.17, 15) is 9.59 Å². The third kappa shape index (κ3) is 4.40. The summed E-state index contributed by atoms with van der Waals surface area (Å²) >= 11 is 0. The molecular weight excluding hydrogens is 344 g/mol. The fraction of sp³-hybridized carbons (Fsp3) is 0.368. The highest BCUT2D eigenvalue weighted by Gasteiger charge is 2.33. The zero-order chi connectivity index (χ0) is 19.4. The van der Waals surface area contributed by atoms with Crippen molar-refractivity contribution in [1.82, 2.24) is 24.8 Å². The van der Waals surface area contributed by atoms with E-state index < -0.39 is 0 Å². The zero-order valence-electron chi connectivity index (χ0n) is 15.8. The molecule has 1 N–H and O–H groups in total. The third-order valence-electron chi connectivity index (χ3n) is 4.59. The van der Waals surface area contributed by atoms with E-state index in [1.165, 1.54) is 6.33 Å². The Balaban J connectivity index is 1.66. The van der Waals surface area contributed by atoms with Crippen molar-refractivity contribution in [2.75, 3.05) is 45.7 Å². The molecule has 0 aliphatic carbocycles. The van der Waals surface area contributed by atoms with Gasteiger partial charge >= 0.3 is 0 Å². The highest BCUT2D eigenvalue weighted by atomic mass is 16.2. The first-order valence-corrected chi connectivity index (χ1v) is 8.78. The van der Waals surface area contributed by atoms with Crippen LogP contribution in [0.2, 0.25) is 0 Å². The van der Waals surface area contributed by atoms with Crippen molar-refractivity contribution in [1.29, 1.82) is 0 Å². The Morgan fingerprint density at radius 3 is 2.81 bits per heavy atom. The number of hydrogen-bond acceptors (Lipinski definition) is 6. The van der Waals surface area contributed by atoms with E-state index in [0.29, 0.717) is 18.8 Å². The summed E-state index contributed by atoms with van der Waals surface area (Å²) in [6, 6.07) is 3.72. The zero-order valence-corrected chi connectivity index (χ0v) is 15.8. The van der Waals surface area contributed by atoms with Crippen LogP contribution in [0, 0.1) is 0 Å². The van der Waals surface area contributed by atoms with Crippen molar-refractivity contribution in [2.24, 2.45) is 0 Å². The number of nitrogens with one attached hydrogen (secondary N) is 1. The molecule has 0 atom stereocenters. The Hall–Kier alpha value is -3.00. The molecule has 3 rings (SSSR count). The van der Waals surface area contributed by atoms with Crippen LogP contribution in [0.15, 0.2) is 47.8 Å². The van der Waals surface area contributed by atoms with E-state index in [-0.39, 0.29) is 17.5 Å². The summed E-state index contributed by atoms with van der Waals surface area (Å²) in [7, 11) is 5.79. The molecule has 8 heteroatoms. The number of aromatic amines is 1. The predicted molar refractivity (Wildman–Crippen MR) is 105 cm³/mol. The Morgan fingerprint density at radius 1 is 1.37 bits per heavy atom. The van der Waals surface area contributed by atoms with Crippen LogP contribution in [0.5, 0.6) is 0 Å². The molecule has 27 heavy (non-hydrogen) atoms. The van der Waals surface area contributed by atoms with Gasteiger partial charge < -0.3 is 19.7 Å². The summed E-state index contributed by atoms with van der Waals surface area (Å²) in [5.74, 6) is 0.00476. The van der Waals surface area contributed by atoms with Crippen molar-refractivity contribution in [3.05, 3.63) is 53.4 Å². The number of H-pyrrole nitrogens is 1. The van der Waals surface area contributed by atoms with Crippen LogP contribution in [-0.2, 0) is 4.79 Å². The highest BCUT2D eigenvalue weighted by molar-refractivity contribution is 5.88. The molecule has 2 aromatic rings. The number of anilines is 1. The molecule has 3 heterocycles. The average molecular weight is 368 g/mol. The minimum absolute atomic E-state index is 0.00476. The quantitative estimate of drug-likeness (QED) is 0.752. The molecule has 0 spiro atoms. The minimum atomic E-state index is -0.161. The van der Waals surface area contributed by atoms with Crippen molar-refractivity contribution >= 4 is 11.6 Å². The van der Waals surface area contributed by atoms with Crippen LogP contribution in [0.1, 0.15) is 0 Å². The number of rotatable bonds is 6. The maximum Gasteiger partial charge on any atom is 0.271 e. The molecule has 0 bridgehead atoms. The van der Waals surface area contributed by atoms with E-state index in [0.717, 1.165) is 17.8 Å². The maximum absolute atomic E-state index is 12.3. The van der Waals surface area contributed by atoms with E-state index >= 15 is 0 Å². The first-order chi connectivity index (χ1) is 13.0. The second kappa shape index (κ2) is 8.13. The number of likely N-dealkylation sites (tertiary alicyclic amines) is 1. The molecule has 0 saturated carbocycles. The van der Waals surface area contributed by atoms with Gasteiger partial charge in [0.15, 0.2) is 0 Å². The second-order valence-electron chi connectivity index (χ2n) is 6.87. The lowest BCUT2D eigenvalue weighted by atomic mass is 10.1. The molecule has 1 amide bonds. The van der Waals surface area contributed by atoms with E-state index in [2.05, 4.69) is 15.0 Å². The SMILES string of the molecule is CN(C)CC=CC(=O)N1CC(N(C)c2cc(-c3ccncn3)c[nH]c2=O)C1. The predicted octanol–water partition coefficient (Wildman–Crippen LogP) is 0.597. The van der Waals surface area contributed by atoms with E-state index in [1.54, 1.807) is 29.4 Å². The molecule has 1 aliphatic rings. The summed E-state index contributed by atoms with van der Waals surface area (Å²) in [4.78, 5) is 41.0. The van der Waals surface area contributed by atoms with Crippen LogP contribution in [0.3, 0.4) is 0 Å². The van der Waals surface area contributed by atoms with Crippen molar-refractivity contribution in [3.63, 3.8) is 0 Å². The molecule has 0 aromatic carbocycles. The fourth-order valence-corrected chi connectivity index (χ4v) is 2.89. The van der Waals surface area contributed by atoms with Gasteiger partial charge in [-0.25, -0.2) is 9.97 Å². The lowest BCUT2D eigenvalue weighted by Crippen LogP contribution is -2.60. The molecule has 2 aromatic heterocycles. The topological polar surface area (TPSA) is 85.4 Å². The van der Waals surface area contributed by atoms with Crippen LogP contribution < -0.4 is 10.5 Å². The van der Waals surface area contributed by atoms with Crippen LogP contribution in [0.25, 0.3) is 11.3 Å². The maximum atomic E-state index is 12.3.